The summed E-state index contributed by atoms with van der Waals surface area (Å²) in [7, 11) is -2.52. The number of primary sulfonamides is 1. The first-order chi connectivity index (χ1) is 12.7. The van der Waals surface area contributed by atoms with Gasteiger partial charge in [-0.2, -0.15) is 0 Å². The second-order valence-corrected chi connectivity index (χ2v) is 8.32. The molecule has 3 aromatic rings. The minimum atomic E-state index is -4.08. The molecular formula is C20H19FN2O3S. The monoisotopic (exact) mass is 386 g/mol. The smallest absolute Gasteiger partial charge is 0.224 e. The summed E-state index contributed by atoms with van der Waals surface area (Å²) < 4.78 is 38.9. The molecular weight excluding hydrogens is 367 g/mol. The maximum Gasteiger partial charge on any atom is 0.224 e. The Balaban J connectivity index is 2.19. The molecule has 0 bridgehead atoms. The lowest BCUT2D eigenvalue weighted by Crippen LogP contribution is -2.40. The SMILES string of the molecule is Cn1c(C(=O)c2ccccc2F)ccc1C(C)(c1ccccc1)S(N)(=O)=O. The van der Waals surface area contributed by atoms with Gasteiger partial charge in [-0.1, -0.05) is 42.5 Å². The third-order valence-corrected chi connectivity index (χ3v) is 6.44. The number of hydrogen-bond acceptors (Lipinski definition) is 3. The maximum atomic E-state index is 14.0. The molecule has 0 radical (unpaired) electrons. The van der Waals surface area contributed by atoms with E-state index in [9.17, 15) is 17.6 Å². The van der Waals surface area contributed by atoms with Crippen LogP contribution in [0.1, 0.15) is 34.2 Å². The van der Waals surface area contributed by atoms with E-state index in [0.717, 1.165) is 0 Å². The number of carbonyl (C=O) groups is 1. The van der Waals surface area contributed by atoms with Gasteiger partial charge in [0, 0.05) is 12.7 Å². The third kappa shape index (κ3) is 3.09. The van der Waals surface area contributed by atoms with Crippen LogP contribution in [0.3, 0.4) is 0 Å². The van der Waals surface area contributed by atoms with Crippen molar-refractivity contribution in [1.29, 1.82) is 0 Å². The molecule has 1 heterocycles. The molecule has 2 N–H and O–H groups in total. The normalized spacial score (nSPS) is 13.9. The predicted molar refractivity (Wildman–Crippen MR) is 101 cm³/mol. The minimum absolute atomic E-state index is 0.0812. The fourth-order valence-corrected chi connectivity index (χ4v) is 4.18. The molecule has 2 aromatic carbocycles. The van der Waals surface area contributed by atoms with Crippen molar-refractivity contribution in [2.45, 2.75) is 11.7 Å². The third-order valence-electron chi connectivity index (χ3n) is 4.86. The average Bonchev–Trinajstić information content (AvgIpc) is 3.02. The first kappa shape index (κ1) is 19.0. The van der Waals surface area contributed by atoms with Gasteiger partial charge in [0.15, 0.2) is 0 Å². The molecule has 1 atom stereocenters. The zero-order valence-electron chi connectivity index (χ0n) is 14.9. The first-order valence-electron chi connectivity index (χ1n) is 8.21. The van der Waals surface area contributed by atoms with Gasteiger partial charge in [0.1, 0.15) is 10.6 Å². The molecule has 7 heteroatoms. The summed E-state index contributed by atoms with van der Waals surface area (Å²) in [5.74, 6) is -1.17. The number of nitrogens with two attached hydrogens (primary N) is 1. The minimum Gasteiger partial charge on any atom is -0.343 e. The summed E-state index contributed by atoms with van der Waals surface area (Å²) in [6.45, 7) is 1.49. The molecule has 0 aliphatic heterocycles. The Morgan fingerprint density at radius 3 is 2.19 bits per heavy atom. The molecule has 0 spiro atoms. The number of aromatic nitrogens is 1. The summed E-state index contributed by atoms with van der Waals surface area (Å²) >= 11 is 0. The number of ketones is 1. The second kappa shape index (κ2) is 6.75. The van der Waals surface area contributed by atoms with Crippen LogP contribution >= 0.6 is 0 Å². The van der Waals surface area contributed by atoms with E-state index in [1.807, 2.05) is 0 Å². The van der Waals surface area contributed by atoms with Gasteiger partial charge in [0.05, 0.1) is 11.3 Å². The highest BCUT2D eigenvalue weighted by molar-refractivity contribution is 7.90. The Morgan fingerprint density at radius 2 is 1.59 bits per heavy atom. The molecule has 0 aliphatic rings. The molecule has 27 heavy (non-hydrogen) atoms. The summed E-state index contributed by atoms with van der Waals surface area (Å²) in [5.41, 5.74) is 0.873. The zero-order valence-corrected chi connectivity index (χ0v) is 15.7. The van der Waals surface area contributed by atoms with E-state index >= 15 is 0 Å². The van der Waals surface area contributed by atoms with Crippen LogP contribution < -0.4 is 5.14 Å². The molecule has 0 amide bonds. The van der Waals surface area contributed by atoms with Crippen molar-refractivity contribution in [2.24, 2.45) is 12.2 Å². The van der Waals surface area contributed by atoms with E-state index in [2.05, 4.69) is 0 Å². The lowest BCUT2D eigenvalue weighted by Gasteiger charge is -2.29. The summed E-state index contributed by atoms with van der Waals surface area (Å²) in [6, 6.07) is 17.2. The number of carbonyl (C=O) groups excluding carboxylic acids is 1. The highest BCUT2D eigenvalue weighted by Gasteiger charge is 2.43. The topological polar surface area (TPSA) is 82.2 Å². The van der Waals surface area contributed by atoms with Gasteiger partial charge >= 0.3 is 0 Å². The highest BCUT2D eigenvalue weighted by atomic mass is 32.2. The second-order valence-electron chi connectivity index (χ2n) is 6.42. The van der Waals surface area contributed by atoms with Crippen LogP contribution in [0.25, 0.3) is 0 Å². The number of halogens is 1. The fourth-order valence-electron chi connectivity index (χ4n) is 3.22. The molecule has 0 saturated heterocycles. The van der Waals surface area contributed by atoms with Gasteiger partial charge in [-0.05, 0) is 36.8 Å². The van der Waals surface area contributed by atoms with Crippen molar-refractivity contribution in [2.75, 3.05) is 0 Å². The number of benzene rings is 2. The number of rotatable bonds is 5. The molecule has 1 aromatic heterocycles. The van der Waals surface area contributed by atoms with Crippen LogP contribution in [0, 0.1) is 5.82 Å². The Bertz CT molecular complexity index is 1110. The Labute approximate surface area is 157 Å². The van der Waals surface area contributed by atoms with Gasteiger partial charge < -0.3 is 4.57 Å². The zero-order chi connectivity index (χ0) is 19.8. The standard InChI is InChI=1S/C20H19FN2O3S/c1-20(27(22,25)26,14-8-4-3-5-9-14)18-13-12-17(23(18)2)19(24)15-10-6-7-11-16(15)21/h3-13H,1-2H3,(H2,22,25,26). The highest BCUT2D eigenvalue weighted by Crippen LogP contribution is 2.36. The predicted octanol–water partition coefficient (Wildman–Crippen LogP) is 2.95. The van der Waals surface area contributed by atoms with Gasteiger partial charge in [0.25, 0.3) is 0 Å². The van der Waals surface area contributed by atoms with E-state index in [0.29, 0.717) is 11.3 Å². The van der Waals surface area contributed by atoms with Gasteiger partial charge in [-0.15, -0.1) is 0 Å². The molecule has 3 rings (SSSR count). The van der Waals surface area contributed by atoms with Gasteiger partial charge in [-0.3, -0.25) is 4.79 Å². The Morgan fingerprint density at radius 1 is 1.00 bits per heavy atom. The number of hydrogen-bond donors (Lipinski definition) is 1. The average molecular weight is 386 g/mol. The van der Waals surface area contributed by atoms with E-state index < -0.39 is 26.4 Å². The quantitative estimate of drug-likeness (QED) is 0.685. The molecule has 5 nitrogen and oxygen atoms in total. The fraction of sp³-hybridized carbons (Fsp3) is 0.150. The first-order valence-corrected chi connectivity index (χ1v) is 9.76. The van der Waals surface area contributed by atoms with Crippen molar-refractivity contribution in [1.82, 2.24) is 4.57 Å². The molecule has 0 fully saturated rings. The van der Waals surface area contributed by atoms with Crippen molar-refractivity contribution in [3.05, 3.63) is 95.1 Å². The van der Waals surface area contributed by atoms with Crippen LogP contribution in [0.4, 0.5) is 4.39 Å². The van der Waals surface area contributed by atoms with E-state index in [-0.39, 0.29) is 11.3 Å². The van der Waals surface area contributed by atoms with Crippen molar-refractivity contribution in [3.63, 3.8) is 0 Å². The van der Waals surface area contributed by atoms with Crippen molar-refractivity contribution < 1.29 is 17.6 Å². The van der Waals surface area contributed by atoms with E-state index in [1.54, 1.807) is 43.4 Å². The number of nitrogens with zero attached hydrogens (tertiary/aromatic N) is 1. The molecule has 0 saturated carbocycles. The summed E-state index contributed by atoms with van der Waals surface area (Å²) in [6.07, 6.45) is 0. The van der Waals surface area contributed by atoms with Crippen LogP contribution in [-0.4, -0.2) is 18.8 Å². The van der Waals surface area contributed by atoms with Crippen molar-refractivity contribution >= 4 is 15.8 Å². The molecule has 1 unspecified atom stereocenters. The van der Waals surface area contributed by atoms with E-state index in [1.165, 1.54) is 41.8 Å². The Hall–Kier alpha value is -2.77. The van der Waals surface area contributed by atoms with Crippen molar-refractivity contribution in [3.8, 4) is 0 Å². The largest absolute Gasteiger partial charge is 0.343 e. The van der Waals surface area contributed by atoms with Crippen LogP contribution in [0.5, 0.6) is 0 Å². The molecule has 140 valence electrons. The Kier molecular flexibility index (Phi) is 4.75. The van der Waals surface area contributed by atoms with Gasteiger partial charge in [-0.25, -0.2) is 17.9 Å². The molecule has 0 aliphatic carbocycles. The van der Waals surface area contributed by atoms with E-state index in [4.69, 9.17) is 5.14 Å². The van der Waals surface area contributed by atoms with Crippen LogP contribution in [0.2, 0.25) is 0 Å². The number of sulfonamides is 1. The lowest BCUT2D eigenvalue weighted by atomic mass is 9.96. The summed E-state index contributed by atoms with van der Waals surface area (Å²) in [4.78, 5) is 12.8. The van der Waals surface area contributed by atoms with Gasteiger partial charge in [0.2, 0.25) is 15.8 Å². The maximum absolute atomic E-state index is 14.0. The summed E-state index contributed by atoms with van der Waals surface area (Å²) in [5, 5.41) is 5.58. The van der Waals surface area contributed by atoms with Crippen LogP contribution in [-0.2, 0) is 21.8 Å². The van der Waals surface area contributed by atoms with Crippen LogP contribution in [0.15, 0.2) is 66.7 Å². The lowest BCUT2D eigenvalue weighted by molar-refractivity contribution is 0.102.